The van der Waals surface area contributed by atoms with Gasteiger partial charge in [-0.3, -0.25) is 0 Å². The lowest BCUT2D eigenvalue weighted by atomic mass is 10.1. The number of rotatable bonds is 12. The summed E-state index contributed by atoms with van der Waals surface area (Å²) >= 11 is 1.48. The third kappa shape index (κ3) is 16.9. The molecule has 0 aliphatic carbocycles. The largest absolute Gasteiger partial charge is 0.480 e. The lowest BCUT2D eigenvalue weighted by molar-refractivity contribution is -0.138. The summed E-state index contributed by atoms with van der Waals surface area (Å²) < 4.78 is 5.12. The molecular weight excluding hydrogens is 386 g/mol. The number of allylic oxidation sites excluding steroid dienone is 5. The van der Waals surface area contributed by atoms with E-state index >= 15 is 0 Å². The van der Waals surface area contributed by atoms with E-state index in [1.54, 1.807) is 20.8 Å². The van der Waals surface area contributed by atoms with Gasteiger partial charge in [0.2, 0.25) is 0 Å². The van der Waals surface area contributed by atoms with Crippen molar-refractivity contribution >= 4 is 23.8 Å². The molecule has 0 aromatic carbocycles. The Morgan fingerprint density at radius 3 is 2.07 bits per heavy atom. The van der Waals surface area contributed by atoms with Crippen LogP contribution in [0.2, 0.25) is 0 Å². The Morgan fingerprint density at radius 1 is 1.00 bits per heavy atom. The number of hydrogen-bond donors (Lipinski definition) is 2. The fourth-order valence-electron chi connectivity index (χ4n) is 2.35. The summed E-state index contributed by atoms with van der Waals surface area (Å²) in [4.78, 5) is 23.1. The van der Waals surface area contributed by atoms with Gasteiger partial charge in [-0.15, -0.1) is 0 Å². The standard InChI is InChI=1S/C23H39NO4S/c1-17(2)10-8-11-18(3)12-9-13-19(4)14-15-29-16-20(21(25)26)24-22(27)28-23(5,6)7/h10,12,14,20H,8-9,11,13,15-16H2,1-7H3,(H,24,27)(H,25,26). The van der Waals surface area contributed by atoms with Crippen LogP contribution in [0.1, 0.15) is 74.1 Å². The molecule has 0 aromatic rings. The molecule has 0 saturated heterocycles. The van der Waals surface area contributed by atoms with Crippen LogP contribution in [0.15, 0.2) is 34.9 Å². The number of carbonyl (C=O) groups is 2. The molecule has 0 bridgehead atoms. The lowest BCUT2D eigenvalue weighted by Gasteiger charge is -2.21. The third-order valence-corrected chi connectivity index (χ3v) is 4.92. The van der Waals surface area contributed by atoms with E-state index in [2.05, 4.69) is 51.2 Å². The van der Waals surface area contributed by atoms with Crippen molar-refractivity contribution < 1.29 is 19.4 Å². The maximum Gasteiger partial charge on any atom is 0.408 e. The van der Waals surface area contributed by atoms with Crippen LogP contribution in [0.5, 0.6) is 0 Å². The van der Waals surface area contributed by atoms with E-state index in [1.165, 1.54) is 28.5 Å². The van der Waals surface area contributed by atoms with Gasteiger partial charge < -0.3 is 15.2 Å². The first-order valence-electron chi connectivity index (χ1n) is 10.2. The lowest BCUT2D eigenvalue weighted by Crippen LogP contribution is -2.44. The van der Waals surface area contributed by atoms with E-state index in [-0.39, 0.29) is 0 Å². The second kappa shape index (κ2) is 14.3. The summed E-state index contributed by atoms with van der Waals surface area (Å²) in [5.41, 5.74) is 3.42. The van der Waals surface area contributed by atoms with E-state index in [0.29, 0.717) is 5.75 Å². The predicted octanol–water partition coefficient (Wildman–Crippen LogP) is 6.12. The zero-order valence-electron chi connectivity index (χ0n) is 19.1. The highest BCUT2D eigenvalue weighted by molar-refractivity contribution is 7.99. The number of nitrogens with one attached hydrogen (secondary N) is 1. The Labute approximate surface area is 181 Å². The second-order valence-corrected chi connectivity index (χ2v) is 9.61. The maximum absolute atomic E-state index is 11.8. The number of thioether (sulfide) groups is 1. The predicted molar refractivity (Wildman–Crippen MR) is 124 cm³/mol. The molecular formula is C23H39NO4S. The highest BCUT2D eigenvalue weighted by atomic mass is 32.2. The first-order valence-corrected chi connectivity index (χ1v) is 11.3. The molecule has 0 rings (SSSR count). The molecule has 0 radical (unpaired) electrons. The van der Waals surface area contributed by atoms with E-state index in [4.69, 9.17) is 4.74 Å². The molecule has 2 N–H and O–H groups in total. The zero-order valence-corrected chi connectivity index (χ0v) is 19.9. The summed E-state index contributed by atoms with van der Waals surface area (Å²) in [7, 11) is 0. The topological polar surface area (TPSA) is 75.6 Å². The molecule has 6 heteroatoms. The monoisotopic (exact) mass is 425 g/mol. The van der Waals surface area contributed by atoms with E-state index in [9.17, 15) is 14.7 Å². The van der Waals surface area contributed by atoms with Crippen LogP contribution >= 0.6 is 11.8 Å². The molecule has 0 spiro atoms. The molecule has 29 heavy (non-hydrogen) atoms. The highest BCUT2D eigenvalue weighted by Gasteiger charge is 2.23. The Morgan fingerprint density at radius 2 is 1.55 bits per heavy atom. The van der Waals surface area contributed by atoms with Crippen molar-refractivity contribution in [3.05, 3.63) is 34.9 Å². The van der Waals surface area contributed by atoms with Crippen molar-refractivity contribution in [3.63, 3.8) is 0 Å². The average molecular weight is 426 g/mol. The van der Waals surface area contributed by atoms with Crippen molar-refractivity contribution in [1.29, 1.82) is 0 Å². The number of alkyl carbamates (subject to hydrolysis) is 1. The van der Waals surface area contributed by atoms with Gasteiger partial charge in [-0.25, -0.2) is 9.59 Å². The first-order chi connectivity index (χ1) is 13.4. The summed E-state index contributed by atoms with van der Waals surface area (Å²) in [6.07, 6.45) is 10.2. The second-order valence-electron chi connectivity index (χ2n) is 8.53. The van der Waals surface area contributed by atoms with E-state index < -0.39 is 23.7 Å². The first kappa shape index (κ1) is 27.3. The molecule has 1 atom stereocenters. The van der Waals surface area contributed by atoms with Crippen molar-refractivity contribution in [2.24, 2.45) is 0 Å². The molecule has 1 unspecified atom stereocenters. The van der Waals surface area contributed by atoms with Gasteiger partial charge in [0.25, 0.3) is 0 Å². The average Bonchev–Trinajstić information content (AvgIpc) is 2.55. The number of carboxylic acid groups (broad SMARTS) is 1. The van der Waals surface area contributed by atoms with Crippen molar-refractivity contribution in [1.82, 2.24) is 5.32 Å². The normalized spacial score (nSPS) is 13.6. The SMILES string of the molecule is CC(C)=CCCC(C)=CCCC(C)=CCSCC(NC(=O)OC(C)(C)C)C(=O)O. The minimum atomic E-state index is -1.06. The quantitative estimate of drug-likeness (QED) is 0.291. The fourth-order valence-corrected chi connectivity index (χ4v) is 3.35. The van der Waals surface area contributed by atoms with Crippen LogP contribution in [0.3, 0.4) is 0 Å². The molecule has 0 aliphatic rings. The van der Waals surface area contributed by atoms with E-state index in [0.717, 1.165) is 31.4 Å². The van der Waals surface area contributed by atoms with Crippen LogP contribution in [0, 0.1) is 0 Å². The number of carbonyl (C=O) groups excluding carboxylic acids is 1. The highest BCUT2D eigenvalue weighted by Crippen LogP contribution is 2.13. The Kier molecular flexibility index (Phi) is 13.5. The summed E-state index contributed by atoms with van der Waals surface area (Å²) in [5.74, 6) is -0.0471. The van der Waals surface area contributed by atoms with Crippen LogP contribution < -0.4 is 5.32 Å². The van der Waals surface area contributed by atoms with Gasteiger partial charge in [-0.1, -0.05) is 34.9 Å². The van der Waals surface area contributed by atoms with Gasteiger partial charge in [-0.2, -0.15) is 11.8 Å². The number of ether oxygens (including phenoxy) is 1. The third-order valence-electron chi connectivity index (χ3n) is 3.95. The molecule has 0 aromatic heterocycles. The fraction of sp³-hybridized carbons (Fsp3) is 0.652. The smallest absolute Gasteiger partial charge is 0.408 e. The van der Waals surface area contributed by atoms with E-state index in [1.807, 2.05) is 0 Å². The van der Waals surface area contributed by atoms with Crippen LogP contribution in [0.4, 0.5) is 4.79 Å². The van der Waals surface area contributed by atoms with Crippen molar-refractivity contribution in [2.45, 2.75) is 85.8 Å². The van der Waals surface area contributed by atoms with Crippen LogP contribution in [-0.4, -0.2) is 40.3 Å². The number of amides is 1. The Balaban J connectivity index is 4.25. The van der Waals surface area contributed by atoms with Crippen molar-refractivity contribution in [2.75, 3.05) is 11.5 Å². The molecule has 0 heterocycles. The van der Waals surface area contributed by atoms with Gasteiger partial charge in [0.05, 0.1) is 0 Å². The zero-order chi connectivity index (χ0) is 22.4. The van der Waals surface area contributed by atoms with Gasteiger partial charge in [-0.05, 0) is 74.1 Å². The Hall–Kier alpha value is -1.69. The number of carboxylic acids is 1. The van der Waals surface area contributed by atoms with Gasteiger partial charge in [0.15, 0.2) is 0 Å². The summed E-state index contributed by atoms with van der Waals surface area (Å²) in [6, 6.07) is -0.963. The van der Waals surface area contributed by atoms with Gasteiger partial charge in [0, 0.05) is 11.5 Å². The molecule has 0 fully saturated rings. The molecule has 0 saturated carbocycles. The minimum Gasteiger partial charge on any atom is -0.480 e. The number of aliphatic carboxylic acids is 1. The maximum atomic E-state index is 11.8. The molecule has 166 valence electrons. The summed E-state index contributed by atoms with van der Waals surface area (Å²) in [5, 5.41) is 11.7. The Bertz CT molecular complexity index is 611. The number of hydrogen-bond acceptors (Lipinski definition) is 4. The summed E-state index contributed by atoms with van der Waals surface area (Å²) in [6.45, 7) is 13.7. The van der Waals surface area contributed by atoms with Crippen molar-refractivity contribution in [3.8, 4) is 0 Å². The molecule has 0 aliphatic heterocycles. The minimum absolute atomic E-state index is 0.293. The molecule has 5 nitrogen and oxygen atoms in total. The van der Waals surface area contributed by atoms with Crippen LogP contribution in [0.25, 0.3) is 0 Å². The van der Waals surface area contributed by atoms with Gasteiger partial charge >= 0.3 is 12.1 Å². The molecule has 1 amide bonds. The van der Waals surface area contributed by atoms with Gasteiger partial charge in [0.1, 0.15) is 11.6 Å². The van der Waals surface area contributed by atoms with Crippen LogP contribution in [-0.2, 0) is 9.53 Å².